The molecule has 1 aromatic carbocycles. The van der Waals surface area contributed by atoms with Crippen molar-refractivity contribution in [2.75, 3.05) is 51.9 Å². The number of ether oxygens (including phenoxy) is 3. The Hall–Kier alpha value is -3.35. The number of hydrazine groups is 1. The molecule has 4 aliphatic heterocycles. The monoisotopic (exact) mass is 1070 g/mol. The standard InChI is InChI=1S/C46H61IN8O8S2Si/c1-10-53-35-16-15-29-19-32(35)33(41(53)31-13-11-17-48-39(31)28(4)61-8)20-45(5,6)26-63-43(57)36-14-12-18-54(55(36)66)44(58)46(37-22-47-37,21-38-49-34(29)25-64-38)50-42(56)40(27(2)3)51(7)65(59,60)52-23-30(24-52)62-9/h11,13,15-17,19,25,27-28,30,36-37,40H,10,12,14,18,20-24,26H2,1-9H3,(H,50,56)/q-1/t28-,36-,37?,40-,46+/m0/s1. The van der Waals surface area contributed by atoms with Gasteiger partial charge in [-0.1, -0.05) is 0 Å². The summed E-state index contributed by atoms with van der Waals surface area (Å²) in [7, 11) is 4.32. The van der Waals surface area contributed by atoms with Gasteiger partial charge in [0, 0.05) is 13.3 Å². The normalized spacial score (nSPS) is 24.4. The molecule has 4 aromatic rings. The number of methoxy groups -OCH3 is 2. The van der Waals surface area contributed by atoms with E-state index in [4.69, 9.17) is 24.2 Å². The van der Waals surface area contributed by atoms with Crippen LogP contribution >= 0.6 is 11.3 Å². The molecule has 3 radical (unpaired) electrons. The fraction of sp³-hybridized carbons (Fsp3) is 0.587. The van der Waals surface area contributed by atoms with Crippen LogP contribution in [0.1, 0.15) is 76.8 Å². The van der Waals surface area contributed by atoms with Gasteiger partial charge in [0.1, 0.15) is 0 Å². The number of hydrogen-bond donors (Lipinski definition) is 1. The third kappa shape index (κ3) is 9.14. The molecule has 8 rings (SSSR count). The maximum atomic E-state index is 15.5. The molecule has 3 aromatic heterocycles. The Kier molecular flexibility index (Phi) is 14.3. The first-order valence-electron chi connectivity index (χ1n) is 22.6. The number of carbonyl (C=O) groups excluding carboxylic acids is 3. The third-order valence-corrected chi connectivity index (χ3v) is 19.6. The predicted octanol–water partition coefficient (Wildman–Crippen LogP) is 1.37. The number of benzene rings is 1. The molecule has 357 valence electrons. The summed E-state index contributed by atoms with van der Waals surface area (Å²) in [5.74, 6) is -1.85. The topological polar surface area (TPSA) is 169 Å². The number of aromatic nitrogens is 3. The number of hydrogen-bond acceptors (Lipinski definition) is 12. The fourth-order valence-corrected chi connectivity index (χ4v) is 15.1. The van der Waals surface area contributed by atoms with Crippen LogP contribution in [0.15, 0.2) is 41.9 Å². The number of carbonyl (C=O) groups is 3. The molecule has 0 spiro atoms. The van der Waals surface area contributed by atoms with Crippen molar-refractivity contribution in [3.05, 3.63) is 58.2 Å². The Labute approximate surface area is 406 Å². The molecule has 5 atom stereocenters. The number of aryl methyl sites for hydroxylation is 1. The van der Waals surface area contributed by atoms with Crippen LogP contribution in [-0.2, 0) is 58.2 Å². The van der Waals surface area contributed by atoms with E-state index in [1.807, 2.05) is 18.4 Å². The Bertz CT molecular complexity index is 2600. The second-order valence-electron chi connectivity index (χ2n) is 18.9. The molecule has 1 N–H and O–H groups in total. The van der Waals surface area contributed by atoms with Crippen LogP contribution in [0.5, 0.6) is 0 Å². The number of rotatable bonds is 12. The van der Waals surface area contributed by atoms with Gasteiger partial charge < -0.3 is 4.74 Å². The fourth-order valence-electron chi connectivity index (χ4n) is 9.64. The summed E-state index contributed by atoms with van der Waals surface area (Å²) < 4.78 is 52.1. The van der Waals surface area contributed by atoms with E-state index >= 15 is 4.79 Å². The summed E-state index contributed by atoms with van der Waals surface area (Å²) in [6, 6.07) is 8.48. The van der Waals surface area contributed by atoms with Crippen molar-refractivity contribution in [3.8, 4) is 22.5 Å². The molecule has 7 heterocycles. The first-order valence-corrected chi connectivity index (χ1v) is 28.1. The zero-order valence-electron chi connectivity index (χ0n) is 39.2. The van der Waals surface area contributed by atoms with Crippen molar-refractivity contribution in [2.24, 2.45) is 11.3 Å². The average Bonchev–Trinajstić information content (AvgIpc) is 3.96. The van der Waals surface area contributed by atoms with Crippen LogP contribution in [0.25, 0.3) is 33.4 Å². The SMILES string of the molecule is CCn1c(-c2cccnc2[C@H](C)OC)c2c3cc(ccc31)-c1csc(n1)C[C@@](NC(=O)[C@H](C(C)C)N(C)S(=O)(=O)N1CC(OC)C1)(C1C[I-]1)C(=O)N1CCC[C@@H](C(=O)OCC(C)(C)C2)N1[Si]. The predicted molar refractivity (Wildman–Crippen MR) is 249 cm³/mol. The Morgan fingerprint density at radius 2 is 1.89 bits per heavy atom. The van der Waals surface area contributed by atoms with Gasteiger partial charge in [0.15, 0.2) is 0 Å². The van der Waals surface area contributed by atoms with E-state index in [1.54, 1.807) is 34.3 Å². The Balaban J connectivity index is 1.25. The number of alkyl halides is 2. The molecule has 6 bridgehead atoms. The summed E-state index contributed by atoms with van der Waals surface area (Å²) in [4.78, 5) is 54.7. The van der Waals surface area contributed by atoms with Crippen molar-refractivity contribution in [3.63, 3.8) is 0 Å². The molecule has 0 aliphatic carbocycles. The molecule has 2 amide bonds. The van der Waals surface area contributed by atoms with E-state index in [1.165, 1.54) is 32.4 Å². The molecule has 3 saturated heterocycles. The van der Waals surface area contributed by atoms with Gasteiger partial charge in [-0.15, -0.1) is 0 Å². The summed E-state index contributed by atoms with van der Waals surface area (Å²) in [6.07, 6.45) is 2.91. The van der Waals surface area contributed by atoms with Gasteiger partial charge in [0.05, 0.1) is 11.8 Å². The number of esters is 1. The number of halogens is 1. The zero-order chi connectivity index (χ0) is 47.5. The quantitative estimate of drug-likeness (QED) is 0.0943. The molecule has 20 heteroatoms. The molecule has 16 nitrogen and oxygen atoms in total. The maximum absolute atomic E-state index is 15.5. The third-order valence-electron chi connectivity index (χ3n) is 13.5. The van der Waals surface area contributed by atoms with Crippen LogP contribution in [0.4, 0.5) is 0 Å². The molecule has 1 unspecified atom stereocenters. The minimum atomic E-state index is -4.05. The minimum absolute atomic E-state index is 0.0841. The number of cyclic esters (lactones) is 1. The summed E-state index contributed by atoms with van der Waals surface area (Å²) in [6.45, 7) is 13.4. The summed E-state index contributed by atoms with van der Waals surface area (Å²) >= 11 is 0.922. The Morgan fingerprint density at radius 1 is 1.15 bits per heavy atom. The second kappa shape index (κ2) is 19.2. The van der Waals surface area contributed by atoms with E-state index in [-0.39, 0.29) is 48.2 Å². The number of fused-ring (bicyclic) bond motifs is 6. The zero-order valence-corrected chi connectivity index (χ0v) is 44.0. The molecule has 66 heavy (non-hydrogen) atoms. The molecular formula is C46H61IN8O8S2Si-. The van der Waals surface area contributed by atoms with E-state index < -0.39 is 72.2 Å². The molecular weight excluding hydrogens is 1010 g/mol. The van der Waals surface area contributed by atoms with Gasteiger partial charge in [0.2, 0.25) is 0 Å². The molecule has 4 aliphatic rings. The molecule has 3 fully saturated rings. The van der Waals surface area contributed by atoms with Gasteiger partial charge in [-0.2, -0.15) is 0 Å². The van der Waals surface area contributed by atoms with Crippen LogP contribution in [-0.4, -0.2) is 149 Å². The number of pyridine rings is 1. The van der Waals surface area contributed by atoms with E-state index in [0.29, 0.717) is 37.4 Å². The number of likely N-dealkylation sites (N-methyl/N-ethyl adjacent to an activating group) is 1. The van der Waals surface area contributed by atoms with Gasteiger partial charge in [-0.25, -0.2) is 0 Å². The van der Waals surface area contributed by atoms with Crippen molar-refractivity contribution in [2.45, 2.75) is 108 Å². The number of amides is 2. The van der Waals surface area contributed by atoms with Crippen LogP contribution < -0.4 is 26.5 Å². The van der Waals surface area contributed by atoms with Crippen LogP contribution in [0, 0.1) is 11.3 Å². The van der Waals surface area contributed by atoms with Gasteiger partial charge >= 0.3 is 348 Å². The van der Waals surface area contributed by atoms with Crippen molar-refractivity contribution in [1.82, 2.24) is 38.1 Å². The van der Waals surface area contributed by atoms with E-state index in [0.717, 1.165) is 53.4 Å². The van der Waals surface area contributed by atoms with E-state index in [9.17, 15) is 18.0 Å². The number of thiazole rings is 1. The number of nitrogens with zero attached hydrogens (tertiary/aromatic N) is 7. The average molecular weight is 1070 g/mol. The first-order chi connectivity index (χ1) is 31.3. The van der Waals surface area contributed by atoms with Gasteiger partial charge in [-0.3, -0.25) is 4.98 Å². The number of nitrogens with one attached hydrogen (secondary N) is 1. The summed E-state index contributed by atoms with van der Waals surface area (Å²) in [5.41, 5.74) is 4.60. The van der Waals surface area contributed by atoms with Gasteiger partial charge in [-0.05, 0) is 26.0 Å². The van der Waals surface area contributed by atoms with Crippen molar-refractivity contribution >= 4 is 60.6 Å². The van der Waals surface area contributed by atoms with Gasteiger partial charge in [0.25, 0.3) is 0 Å². The van der Waals surface area contributed by atoms with Crippen molar-refractivity contribution < 1.29 is 58.2 Å². The second-order valence-corrected chi connectivity index (χ2v) is 25.6. The van der Waals surface area contributed by atoms with Crippen LogP contribution in [0.3, 0.4) is 0 Å². The molecule has 0 saturated carbocycles. The van der Waals surface area contributed by atoms with Crippen LogP contribution in [0.2, 0.25) is 0 Å². The summed E-state index contributed by atoms with van der Waals surface area (Å²) in [5, 5.41) is 8.46. The van der Waals surface area contributed by atoms with Crippen molar-refractivity contribution in [1.29, 1.82) is 0 Å². The first kappa shape index (κ1) is 49.1. The Morgan fingerprint density at radius 3 is 2.56 bits per heavy atom. The van der Waals surface area contributed by atoms with E-state index in [2.05, 4.69) is 65.3 Å².